The number of piperidine rings is 1. The van der Waals surface area contributed by atoms with E-state index in [1.165, 1.54) is 24.3 Å². The summed E-state index contributed by atoms with van der Waals surface area (Å²) in [5.74, 6) is -0.342. The van der Waals surface area contributed by atoms with Crippen molar-refractivity contribution in [2.45, 2.75) is 23.8 Å². The number of nitrogens with one attached hydrogen (secondary N) is 3. The van der Waals surface area contributed by atoms with Crippen molar-refractivity contribution in [1.29, 1.82) is 0 Å². The number of benzene rings is 2. The van der Waals surface area contributed by atoms with E-state index in [0.29, 0.717) is 5.02 Å². The van der Waals surface area contributed by atoms with Gasteiger partial charge in [0.05, 0.1) is 16.1 Å². The second-order valence-electron chi connectivity index (χ2n) is 6.11. The maximum Gasteiger partial charge on any atom is 0.261 e. The van der Waals surface area contributed by atoms with E-state index >= 15 is 0 Å². The van der Waals surface area contributed by atoms with E-state index in [4.69, 9.17) is 11.6 Å². The first-order valence-electron chi connectivity index (χ1n) is 8.35. The molecule has 3 rings (SSSR count). The van der Waals surface area contributed by atoms with Crippen molar-refractivity contribution in [3.63, 3.8) is 0 Å². The molecule has 2 aromatic carbocycles. The smallest absolute Gasteiger partial charge is 0.261 e. The Hall–Kier alpha value is -2.09. The summed E-state index contributed by atoms with van der Waals surface area (Å²) in [5.41, 5.74) is 0.403. The molecule has 1 saturated heterocycles. The lowest BCUT2D eigenvalue weighted by Crippen LogP contribution is -2.42. The van der Waals surface area contributed by atoms with Crippen LogP contribution in [0.4, 0.5) is 5.69 Å². The maximum atomic E-state index is 12.7. The van der Waals surface area contributed by atoms with Gasteiger partial charge in [0.2, 0.25) is 0 Å². The third-order valence-electron chi connectivity index (χ3n) is 4.20. The van der Waals surface area contributed by atoms with E-state index in [9.17, 15) is 13.2 Å². The molecule has 0 saturated carbocycles. The summed E-state index contributed by atoms with van der Waals surface area (Å²) >= 11 is 6.02. The van der Waals surface area contributed by atoms with Gasteiger partial charge in [-0.2, -0.15) is 0 Å². The van der Waals surface area contributed by atoms with Gasteiger partial charge in [0.1, 0.15) is 0 Å². The third-order valence-corrected chi connectivity index (χ3v) is 5.81. The van der Waals surface area contributed by atoms with Gasteiger partial charge in [-0.05, 0) is 56.3 Å². The number of hydrogen-bond acceptors (Lipinski definition) is 4. The number of carbonyl (C=O) groups is 1. The highest BCUT2D eigenvalue weighted by Crippen LogP contribution is 2.24. The normalized spacial score (nSPS) is 15.4. The average Bonchev–Trinajstić information content (AvgIpc) is 2.64. The Bertz CT molecular complexity index is 882. The zero-order chi connectivity index (χ0) is 18.6. The fraction of sp³-hybridized carbons (Fsp3) is 0.278. The monoisotopic (exact) mass is 393 g/mol. The highest BCUT2D eigenvalue weighted by molar-refractivity contribution is 7.92. The van der Waals surface area contributed by atoms with Crippen molar-refractivity contribution in [2.24, 2.45) is 0 Å². The molecule has 0 bridgehead atoms. The van der Waals surface area contributed by atoms with Gasteiger partial charge in [-0.15, -0.1) is 0 Å². The molecule has 1 fully saturated rings. The Morgan fingerprint density at radius 2 is 1.77 bits per heavy atom. The van der Waals surface area contributed by atoms with Crippen molar-refractivity contribution < 1.29 is 13.2 Å². The molecule has 0 radical (unpaired) electrons. The Morgan fingerprint density at radius 3 is 2.46 bits per heavy atom. The third kappa shape index (κ3) is 4.55. The zero-order valence-corrected chi connectivity index (χ0v) is 15.6. The molecule has 1 aliphatic heterocycles. The molecule has 138 valence electrons. The van der Waals surface area contributed by atoms with Gasteiger partial charge in [0.25, 0.3) is 15.9 Å². The first kappa shape index (κ1) is 18.7. The SMILES string of the molecule is O=C(NC1CCNCC1)c1cc(Cl)ccc1NS(=O)(=O)c1ccccc1. The summed E-state index contributed by atoms with van der Waals surface area (Å²) in [7, 11) is -3.80. The average molecular weight is 394 g/mol. The number of anilines is 1. The van der Waals surface area contributed by atoms with E-state index in [2.05, 4.69) is 15.4 Å². The lowest BCUT2D eigenvalue weighted by Gasteiger charge is -2.24. The Balaban J connectivity index is 1.85. The van der Waals surface area contributed by atoms with E-state index in [-0.39, 0.29) is 28.1 Å². The predicted octanol–water partition coefficient (Wildman–Crippen LogP) is 2.62. The second kappa shape index (κ2) is 8.07. The Kier molecular flexibility index (Phi) is 5.80. The van der Waals surface area contributed by atoms with E-state index in [0.717, 1.165) is 25.9 Å². The van der Waals surface area contributed by atoms with Crippen LogP contribution in [0.15, 0.2) is 53.4 Å². The molecule has 0 aliphatic carbocycles. The highest BCUT2D eigenvalue weighted by atomic mass is 35.5. The number of carbonyl (C=O) groups excluding carboxylic acids is 1. The molecular weight excluding hydrogens is 374 g/mol. The lowest BCUT2D eigenvalue weighted by atomic mass is 10.1. The maximum absolute atomic E-state index is 12.7. The predicted molar refractivity (Wildman–Crippen MR) is 102 cm³/mol. The first-order chi connectivity index (χ1) is 12.5. The van der Waals surface area contributed by atoms with Gasteiger partial charge in [0.15, 0.2) is 0 Å². The first-order valence-corrected chi connectivity index (χ1v) is 10.2. The van der Waals surface area contributed by atoms with Crippen molar-refractivity contribution in [3.05, 3.63) is 59.1 Å². The lowest BCUT2D eigenvalue weighted by molar-refractivity contribution is 0.0930. The molecule has 1 amide bonds. The minimum absolute atomic E-state index is 0.0568. The molecular formula is C18H20ClN3O3S. The van der Waals surface area contributed by atoms with Crippen LogP contribution in [0.3, 0.4) is 0 Å². The molecule has 8 heteroatoms. The Morgan fingerprint density at radius 1 is 1.08 bits per heavy atom. The van der Waals surface area contributed by atoms with Crippen molar-refractivity contribution in [2.75, 3.05) is 17.8 Å². The van der Waals surface area contributed by atoms with Crippen molar-refractivity contribution in [1.82, 2.24) is 10.6 Å². The molecule has 1 heterocycles. The molecule has 0 unspecified atom stereocenters. The van der Waals surface area contributed by atoms with Gasteiger partial charge >= 0.3 is 0 Å². The van der Waals surface area contributed by atoms with Gasteiger partial charge < -0.3 is 10.6 Å². The summed E-state index contributed by atoms with van der Waals surface area (Å²) in [5, 5.41) is 6.55. The largest absolute Gasteiger partial charge is 0.349 e. The summed E-state index contributed by atoms with van der Waals surface area (Å²) < 4.78 is 27.6. The fourth-order valence-electron chi connectivity index (χ4n) is 2.83. The van der Waals surface area contributed by atoms with E-state index < -0.39 is 10.0 Å². The summed E-state index contributed by atoms with van der Waals surface area (Å²) in [6, 6.07) is 12.6. The van der Waals surface area contributed by atoms with Crippen LogP contribution in [0.1, 0.15) is 23.2 Å². The quantitative estimate of drug-likeness (QED) is 0.728. The standard InChI is InChI=1S/C18H20ClN3O3S/c19-13-6-7-17(22-26(24,25)15-4-2-1-3-5-15)16(12-13)18(23)21-14-8-10-20-11-9-14/h1-7,12,14,20,22H,8-11H2,(H,21,23). The van der Waals surface area contributed by atoms with Gasteiger partial charge in [-0.3, -0.25) is 9.52 Å². The van der Waals surface area contributed by atoms with Crippen molar-refractivity contribution >= 4 is 33.2 Å². The van der Waals surface area contributed by atoms with E-state index in [1.54, 1.807) is 24.3 Å². The summed E-state index contributed by atoms with van der Waals surface area (Å²) in [6.45, 7) is 1.68. The van der Waals surface area contributed by atoms with Crippen LogP contribution < -0.4 is 15.4 Å². The minimum atomic E-state index is -3.80. The molecule has 0 atom stereocenters. The van der Waals surface area contributed by atoms with Gasteiger partial charge in [0, 0.05) is 11.1 Å². The molecule has 0 spiro atoms. The highest BCUT2D eigenvalue weighted by Gasteiger charge is 2.21. The van der Waals surface area contributed by atoms with Crippen LogP contribution >= 0.6 is 11.6 Å². The number of hydrogen-bond donors (Lipinski definition) is 3. The number of sulfonamides is 1. The van der Waals surface area contributed by atoms with Crippen LogP contribution in [-0.2, 0) is 10.0 Å². The molecule has 26 heavy (non-hydrogen) atoms. The number of halogens is 1. The second-order valence-corrected chi connectivity index (χ2v) is 8.23. The summed E-state index contributed by atoms with van der Waals surface area (Å²) in [6.07, 6.45) is 1.66. The van der Waals surface area contributed by atoms with Crippen LogP contribution in [0.5, 0.6) is 0 Å². The molecule has 6 nitrogen and oxygen atoms in total. The molecule has 0 aromatic heterocycles. The van der Waals surface area contributed by atoms with Crippen molar-refractivity contribution in [3.8, 4) is 0 Å². The van der Waals surface area contributed by atoms with Crippen LogP contribution in [0.25, 0.3) is 0 Å². The molecule has 2 aromatic rings. The number of rotatable bonds is 5. The zero-order valence-electron chi connectivity index (χ0n) is 14.0. The van der Waals surface area contributed by atoms with Crippen LogP contribution in [-0.4, -0.2) is 33.5 Å². The van der Waals surface area contributed by atoms with E-state index in [1.807, 2.05) is 0 Å². The van der Waals surface area contributed by atoms with Crippen LogP contribution in [0, 0.1) is 0 Å². The topological polar surface area (TPSA) is 87.3 Å². The summed E-state index contributed by atoms with van der Waals surface area (Å²) in [4.78, 5) is 12.8. The van der Waals surface area contributed by atoms with Crippen LogP contribution in [0.2, 0.25) is 5.02 Å². The molecule has 1 aliphatic rings. The van der Waals surface area contributed by atoms with Gasteiger partial charge in [-0.25, -0.2) is 8.42 Å². The fourth-order valence-corrected chi connectivity index (χ4v) is 4.10. The number of amides is 1. The van der Waals surface area contributed by atoms with Gasteiger partial charge in [-0.1, -0.05) is 29.8 Å². The Labute approximate surface area is 158 Å². The molecule has 3 N–H and O–H groups in total. The minimum Gasteiger partial charge on any atom is -0.349 e.